The van der Waals surface area contributed by atoms with Crippen LogP contribution in [0.25, 0.3) is 0 Å². The molecule has 1 rings (SSSR count). The summed E-state index contributed by atoms with van der Waals surface area (Å²) in [6.07, 6.45) is 0.839. The van der Waals surface area contributed by atoms with Crippen molar-refractivity contribution in [2.75, 3.05) is 11.6 Å². The van der Waals surface area contributed by atoms with Crippen LogP contribution in [0.5, 0.6) is 0 Å². The van der Waals surface area contributed by atoms with Crippen molar-refractivity contribution in [1.29, 1.82) is 0 Å². The maximum absolute atomic E-state index is 13.3. The van der Waals surface area contributed by atoms with Gasteiger partial charge in [-0.15, -0.1) is 11.6 Å². The van der Waals surface area contributed by atoms with Gasteiger partial charge in [-0.1, -0.05) is 0 Å². The van der Waals surface area contributed by atoms with Gasteiger partial charge < -0.3 is 0 Å². The normalized spacial score (nSPS) is 11.8. The second kappa shape index (κ2) is 6.43. The molecule has 0 amide bonds. The Morgan fingerprint density at radius 2 is 1.61 bits per heavy atom. The Morgan fingerprint density at radius 1 is 1.06 bits per heavy atom. The minimum atomic E-state index is -3.63. The summed E-state index contributed by atoms with van der Waals surface area (Å²) < 4.78 is 62.4. The second-order valence-electron chi connectivity index (χ2n) is 3.84. The van der Waals surface area contributed by atoms with Crippen molar-refractivity contribution in [1.82, 2.24) is 0 Å². The average Bonchev–Trinajstić information content (AvgIpc) is 2.23. The van der Waals surface area contributed by atoms with Gasteiger partial charge in [0, 0.05) is 23.6 Å². The lowest BCUT2D eigenvalue weighted by Crippen LogP contribution is -2.12. The highest BCUT2D eigenvalue weighted by Crippen LogP contribution is 2.18. The van der Waals surface area contributed by atoms with Gasteiger partial charge in [0.25, 0.3) is 0 Å². The lowest BCUT2D eigenvalue weighted by molar-refractivity contribution is 0.526. The molecule has 0 saturated carbocycles. The summed E-state index contributed by atoms with van der Waals surface area (Å²) in [6, 6.07) is 0.930. The maximum atomic E-state index is 13.3. The summed E-state index contributed by atoms with van der Waals surface area (Å²) in [5.74, 6) is -4.09. The predicted molar refractivity (Wildman–Crippen MR) is 63.8 cm³/mol. The molecule has 0 bridgehead atoms. The van der Waals surface area contributed by atoms with E-state index in [9.17, 15) is 21.6 Å². The Balaban J connectivity index is 2.84. The van der Waals surface area contributed by atoms with Gasteiger partial charge in [-0.2, -0.15) is 0 Å². The molecule has 0 fully saturated rings. The zero-order chi connectivity index (χ0) is 13.8. The Morgan fingerprint density at radius 3 is 2.11 bits per heavy atom. The highest BCUT2D eigenvalue weighted by molar-refractivity contribution is 7.90. The zero-order valence-electron chi connectivity index (χ0n) is 9.43. The van der Waals surface area contributed by atoms with Crippen molar-refractivity contribution >= 4 is 21.4 Å². The molecule has 0 aromatic heterocycles. The first-order chi connectivity index (χ1) is 8.35. The first-order valence-electron chi connectivity index (χ1n) is 5.25. The SMILES string of the molecule is O=S(=O)(CCCCCl)Cc1c(F)cc(F)cc1F. The molecule has 0 heterocycles. The maximum Gasteiger partial charge on any atom is 0.154 e. The number of halogens is 4. The van der Waals surface area contributed by atoms with Crippen LogP contribution in [0.15, 0.2) is 12.1 Å². The summed E-state index contributed by atoms with van der Waals surface area (Å²) in [4.78, 5) is 0. The molecular formula is C11H12ClF3O2S. The number of sulfone groups is 1. The largest absolute Gasteiger partial charge is 0.228 e. The fourth-order valence-corrected chi connectivity index (χ4v) is 3.11. The highest BCUT2D eigenvalue weighted by atomic mass is 35.5. The van der Waals surface area contributed by atoms with E-state index in [2.05, 4.69) is 0 Å². The smallest absolute Gasteiger partial charge is 0.154 e. The molecule has 18 heavy (non-hydrogen) atoms. The number of alkyl halides is 1. The van der Waals surface area contributed by atoms with Gasteiger partial charge in [0.1, 0.15) is 17.5 Å². The van der Waals surface area contributed by atoms with E-state index in [0.29, 0.717) is 30.9 Å². The average molecular weight is 301 g/mol. The van der Waals surface area contributed by atoms with Gasteiger partial charge in [0.05, 0.1) is 11.5 Å². The van der Waals surface area contributed by atoms with E-state index >= 15 is 0 Å². The Bertz CT molecular complexity index is 494. The van der Waals surface area contributed by atoms with Crippen molar-refractivity contribution in [3.63, 3.8) is 0 Å². The zero-order valence-corrected chi connectivity index (χ0v) is 11.0. The fraction of sp³-hybridized carbons (Fsp3) is 0.455. The van der Waals surface area contributed by atoms with Crippen molar-refractivity contribution in [2.24, 2.45) is 0 Å². The molecule has 0 radical (unpaired) electrons. The van der Waals surface area contributed by atoms with Crippen LogP contribution in [0, 0.1) is 17.5 Å². The van der Waals surface area contributed by atoms with Gasteiger partial charge in [-0.25, -0.2) is 21.6 Å². The van der Waals surface area contributed by atoms with Gasteiger partial charge in [-0.3, -0.25) is 0 Å². The third kappa shape index (κ3) is 4.49. The van der Waals surface area contributed by atoms with E-state index in [1.807, 2.05) is 0 Å². The molecule has 0 atom stereocenters. The van der Waals surface area contributed by atoms with Crippen LogP contribution < -0.4 is 0 Å². The van der Waals surface area contributed by atoms with Gasteiger partial charge in [0.15, 0.2) is 9.84 Å². The summed E-state index contributed by atoms with van der Waals surface area (Å²) >= 11 is 5.40. The summed E-state index contributed by atoms with van der Waals surface area (Å²) in [6.45, 7) is 0. The van der Waals surface area contributed by atoms with Crippen molar-refractivity contribution < 1.29 is 21.6 Å². The monoisotopic (exact) mass is 300 g/mol. The minimum absolute atomic E-state index is 0.198. The third-order valence-corrected chi connectivity index (χ3v) is 4.22. The van der Waals surface area contributed by atoms with E-state index in [4.69, 9.17) is 11.6 Å². The topological polar surface area (TPSA) is 34.1 Å². The summed E-state index contributed by atoms with van der Waals surface area (Å²) in [5.41, 5.74) is -0.623. The van der Waals surface area contributed by atoms with E-state index < -0.39 is 38.6 Å². The molecule has 0 aliphatic heterocycles. The fourth-order valence-electron chi connectivity index (χ4n) is 1.42. The number of benzene rings is 1. The molecule has 0 saturated heterocycles. The number of rotatable bonds is 6. The van der Waals surface area contributed by atoms with Crippen LogP contribution in [-0.2, 0) is 15.6 Å². The lowest BCUT2D eigenvalue weighted by Gasteiger charge is -2.06. The number of hydrogen-bond donors (Lipinski definition) is 0. The van der Waals surface area contributed by atoms with Gasteiger partial charge in [0.2, 0.25) is 0 Å². The Hall–Kier alpha value is -0.750. The summed E-state index contributed by atoms with van der Waals surface area (Å²) in [5, 5.41) is 0. The quantitative estimate of drug-likeness (QED) is 0.598. The molecule has 0 aliphatic rings. The first-order valence-corrected chi connectivity index (χ1v) is 7.61. The van der Waals surface area contributed by atoms with Crippen LogP contribution in [0.2, 0.25) is 0 Å². The summed E-state index contributed by atoms with van der Waals surface area (Å²) in [7, 11) is -3.63. The Labute approximate surface area is 109 Å². The molecule has 1 aromatic carbocycles. The van der Waals surface area contributed by atoms with Crippen LogP contribution in [0.1, 0.15) is 18.4 Å². The second-order valence-corrected chi connectivity index (χ2v) is 6.40. The number of hydrogen-bond acceptors (Lipinski definition) is 2. The van der Waals surface area contributed by atoms with E-state index in [1.165, 1.54) is 0 Å². The third-order valence-electron chi connectivity index (χ3n) is 2.31. The molecule has 0 aliphatic carbocycles. The molecule has 2 nitrogen and oxygen atoms in total. The minimum Gasteiger partial charge on any atom is -0.228 e. The van der Waals surface area contributed by atoms with E-state index in [1.54, 1.807) is 0 Å². The van der Waals surface area contributed by atoms with Crippen molar-refractivity contribution in [3.05, 3.63) is 35.1 Å². The standard InChI is InChI=1S/C11H12ClF3O2S/c12-3-1-2-4-18(16,17)7-9-10(14)5-8(13)6-11(9)15/h5-6H,1-4,7H2. The lowest BCUT2D eigenvalue weighted by atomic mass is 10.2. The molecule has 0 spiro atoms. The predicted octanol–water partition coefficient (Wildman–Crippen LogP) is 3.04. The van der Waals surface area contributed by atoms with Crippen LogP contribution >= 0.6 is 11.6 Å². The van der Waals surface area contributed by atoms with Crippen molar-refractivity contribution in [2.45, 2.75) is 18.6 Å². The van der Waals surface area contributed by atoms with Gasteiger partial charge >= 0.3 is 0 Å². The molecule has 102 valence electrons. The molecule has 0 N–H and O–H groups in total. The van der Waals surface area contributed by atoms with E-state index in [-0.39, 0.29) is 5.75 Å². The molecular weight excluding hydrogens is 289 g/mol. The van der Waals surface area contributed by atoms with Gasteiger partial charge in [-0.05, 0) is 12.8 Å². The molecule has 7 heteroatoms. The molecule has 1 aromatic rings. The number of unbranched alkanes of at least 4 members (excludes halogenated alkanes) is 1. The van der Waals surface area contributed by atoms with Crippen molar-refractivity contribution in [3.8, 4) is 0 Å². The molecule has 0 unspecified atom stereocenters. The van der Waals surface area contributed by atoms with Crippen LogP contribution in [0.3, 0.4) is 0 Å². The van der Waals surface area contributed by atoms with Crippen LogP contribution in [-0.4, -0.2) is 20.1 Å². The van der Waals surface area contributed by atoms with Crippen LogP contribution in [0.4, 0.5) is 13.2 Å². The highest BCUT2D eigenvalue weighted by Gasteiger charge is 2.19. The van der Waals surface area contributed by atoms with E-state index in [0.717, 1.165) is 0 Å². The first kappa shape index (κ1) is 15.3. The Kier molecular flexibility index (Phi) is 5.47.